The Hall–Kier alpha value is -1.28. The molecular formula is C9H15N4O12P3. The summed E-state index contributed by atoms with van der Waals surface area (Å²) in [6, 6.07) is 0. The summed E-state index contributed by atoms with van der Waals surface area (Å²) in [6.07, 6.45) is -1.40. The highest BCUT2D eigenvalue weighted by atomic mass is 31.3. The third kappa shape index (κ3) is 6.65. The number of aliphatic hydroxyl groups is 1. The molecule has 19 heteroatoms. The second kappa shape index (κ2) is 8.22. The molecule has 0 aliphatic carbocycles. The van der Waals surface area contributed by atoms with Gasteiger partial charge < -0.3 is 35.2 Å². The van der Waals surface area contributed by atoms with Crippen molar-refractivity contribution in [3.8, 4) is 0 Å². The van der Waals surface area contributed by atoms with Gasteiger partial charge in [0.25, 0.3) is 5.91 Å². The first-order chi connectivity index (χ1) is 12.7. The Morgan fingerprint density at radius 1 is 1.29 bits per heavy atom. The fourth-order valence-corrected chi connectivity index (χ4v) is 5.35. The first kappa shape index (κ1) is 23.0. The number of carbonyl (C=O) groups excluding carboxylic acids is 1. The first-order valence-corrected chi connectivity index (χ1v) is 11.7. The van der Waals surface area contributed by atoms with Gasteiger partial charge in [-0.25, -0.2) is 23.1 Å². The summed E-state index contributed by atoms with van der Waals surface area (Å²) in [6.45, 7) is 0. The van der Waals surface area contributed by atoms with Crippen LogP contribution in [0.3, 0.4) is 0 Å². The summed E-state index contributed by atoms with van der Waals surface area (Å²) in [7, 11) is -16.0. The molecule has 1 amide bonds. The first-order valence-electron chi connectivity index (χ1n) is 7.05. The van der Waals surface area contributed by atoms with Crippen LogP contribution in [0.2, 0.25) is 0 Å². The van der Waals surface area contributed by atoms with Crippen LogP contribution in [0.15, 0.2) is 18.2 Å². The van der Waals surface area contributed by atoms with E-state index in [0.29, 0.717) is 5.82 Å². The minimum Gasteiger partial charge on any atom is -0.388 e. The maximum atomic E-state index is 11.8. The van der Waals surface area contributed by atoms with Gasteiger partial charge in [0.2, 0.25) is 5.82 Å². The van der Waals surface area contributed by atoms with Gasteiger partial charge in [-0.3, -0.25) is 9.36 Å². The normalized spacial score (nSPS) is 27.5. The number of aliphatic hydroxyl groups excluding tert-OH is 1. The van der Waals surface area contributed by atoms with Gasteiger partial charge >= 0.3 is 23.2 Å². The lowest BCUT2D eigenvalue weighted by Crippen LogP contribution is -2.21. The van der Waals surface area contributed by atoms with Crippen molar-refractivity contribution in [3.63, 3.8) is 0 Å². The molecule has 0 bridgehead atoms. The van der Waals surface area contributed by atoms with E-state index in [1.54, 1.807) is 0 Å². The largest absolute Gasteiger partial charge is 0.488 e. The second-order valence-electron chi connectivity index (χ2n) is 5.31. The molecule has 2 rings (SSSR count). The lowest BCUT2D eigenvalue weighted by Gasteiger charge is -2.15. The van der Waals surface area contributed by atoms with Crippen LogP contribution in [0.1, 0.15) is 23.3 Å². The molecule has 5 atom stereocenters. The molecule has 0 saturated carbocycles. The van der Waals surface area contributed by atoms with E-state index in [9.17, 15) is 28.5 Å². The minimum absolute atomic E-state index is 0.108. The molecule has 16 nitrogen and oxygen atoms in total. The van der Waals surface area contributed by atoms with Crippen LogP contribution in [-0.4, -0.2) is 57.6 Å². The molecule has 1 aliphatic rings. The molecule has 158 valence electrons. The van der Waals surface area contributed by atoms with E-state index in [1.807, 2.05) is 0 Å². The fraction of sp³-hybridized carbons (Fsp3) is 0.444. The van der Waals surface area contributed by atoms with Gasteiger partial charge in [-0.05, 0) is 6.08 Å². The van der Waals surface area contributed by atoms with Crippen LogP contribution in [0.4, 0.5) is 0 Å². The van der Waals surface area contributed by atoms with Gasteiger partial charge in [-0.15, -0.1) is 5.10 Å². The lowest BCUT2D eigenvalue weighted by molar-refractivity contribution is -0.0331. The zero-order valence-corrected chi connectivity index (χ0v) is 16.2. The summed E-state index contributed by atoms with van der Waals surface area (Å²) in [4.78, 5) is 50.1. The lowest BCUT2D eigenvalue weighted by atomic mass is 10.2. The van der Waals surface area contributed by atoms with E-state index >= 15 is 0 Å². The molecule has 2 heterocycles. The van der Waals surface area contributed by atoms with Crippen LogP contribution >= 0.6 is 23.2 Å². The number of ether oxygens (including phenoxy) is 1. The molecule has 0 radical (unpaired) electrons. The SMILES string of the molecule is NC(=O)c1ncn([C@@H]2O[C@H](/C=C/P(=O)(O)OP(=O)(O)OP(=O)(O)O)C[C@H]2O)n1. The van der Waals surface area contributed by atoms with E-state index in [4.69, 9.17) is 25.2 Å². The number of rotatable bonds is 8. The van der Waals surface area contributed by atoms with Gasteiger partial charge in [0.05, 0.1) is 6.10 Å². The predicted octanol–water partition coefficient (Wildman–Crippen LogP) is -1.05. The van der Waals surface area contributed by atoms with E-state index in [0.717, 1.165) is 17.1 Å². The average Bonchev–Trinajstić information content (AvgIpc) is 3.07. The van der Waals surface area contributed by atoms with Crippen molar-refractivity contribution >= 4 is 29.1 Å². The van der Waals surface area contributed by atoms with Crippen LogP contribution in [0, 0.1) is 0 Å². The molecule has 1 aromatic heterocycles. The van der Waals surface area contributed by atoms with Crippen molar-refractivity contribution in [2.24, 2.45) is 5.73 Å². The van der Waals surface area contributed by atoms with Gasteiger partial charge in [0.15, 0.2) is 6.23 Å². The molecule has 0 aromatic carbocycles. The monoisotopic (exact) mass is 464 g/mol. The van der Waals surface area contributed by atoms with Crippen molar-refractivity contribution in [2.45, 2.75) is 24.9 Å². The zero-order chi connectivity index (χ0) is 21.3. The summed E-state index contributed by atoms with van der Waals surface area (Å²) in [5.74, 6) is -0.826. The van der Waals surface area contributed by atoms with E-state index < -0.39 is 47.6 Å². The van der Waals surface area contributed by atoms with Crippen molar-refractivity contribution in [3.05, 3.63) is 24.0 Å². The van der Waals surface area contributed by atoms with Crippen molar-refractivity contribution < 1.29 is 56.5 Å². The molecule has 28 heavy (non-hydrogen) atoms. The number of aromatic nitrogens is 3. The maximum Gasteiger partial charge on any atom is 0.488 e. The van der Waals surface area contributed by atoms with Crippen molar-refractivity contribution in [1.29, 1.82) is 0 Å². The summed E-state index contributed by atoms with van der Waals surface area (Å²) in [5.41, 5.74) is 5.01. The smallest absolute Gasteiger partial charge is 0.388 e. The standard InChI is InChI=1S/C9H15N4O12P3/c10-7(15)8-11-4-13(12-8)9-6(14)3-5(23-9)1-2-26(16,17)24-28(21,22)25-27(18,19)20/h1-2,4-6,9,14H,3H2,(H2,10,15)(H,16,17)(H,21,22)(H2,18,19,20)/b2-1+/t5-,6-,9-/m1/s1. The van der Waals surface area contributed by atoms with Crippen LogP contribution in [0.5, 0.6) is 0 Å². The number of phosphoric acid groups is 2. The Bertz CT molecular complexity index is 910. The van der Waals surface area contributed by atoms with Gasteiger partial charge in [-0.1, -0.05) is 0 Å². The number of hydrogen-bond donors (Lipinski definition) is 6. The fourth-order valence-electron chi connectivity index (χ4n) is 2.08. The third-order valence-electron chi connectivity index (χ3n) is 3.03. The van der Waals surface area contributed by atoms with E-state index in [1.165, 1.54) is 0 Å². The van der Waals surface area contributed by atoms with Gasteiger partial charge in [0.1, 0.15) is 12.4 Å². The Morgan fingerprint density at radius 2 is 1.93 bits per heavy atom. The molecule has 1 fully saturated rings. The highest BCUT2D eigenvalue weighted by molar-refractivity contribution is 7.69. The van der Waals surface area contributed by atoms with Crippen LogP contribution in [-0.2, 0) is 27.1 Å². The molecular weight excluding hydrogens is 449 g/mol. The minimum atomic E-state index is -5.56. The predicted molar refractivity (Wildman–Crippen MR) is 86.1 cm³/mol. The highest BCUT2D eigenvalue weighted by Gasteiger charge is 2.39. The Labute approximate surface area is 155 Å². The molecule has 2 unspecified atom stereocenters. The van der Waals surface area contributed by atoms with Crippen LogP contribution < -0.4 is 5.73 Å². The topological polar surface area (TPSA) is 254 Å². The number of primary amides is 1. The molecule has 1 aliphatic heterocycles. The number of carbonyl (C=O) groups is 1. The Morgan fingerprint density at radius 3 is 2.46 bits per heavy atom. The number of nitrogens with zero attached hydrogens (tertiary/aromatic N) is 3. The molecule has 1 saturated heterocycles. The zero-order valence-electron chi connectivity index (χ0n) is 13.5. The number of nitrogens with two attached hydrogens (primary N) is 1. The maximum absolute atomic E-state index is 11.8. The molecule has 0 spiro atoms. The number of amides is 1. The highest BCUT2D eigenvalue weighted by Crippen LogP contribution is 2.66. The van der Waals surface area contributed by atoms with Crippen LogP contribution in [0.25, 0.3) is 0 Å². The quantitative estimate of drug-likeness (QED) is 0.251. The van der Waals surface area contributed by atoms with Gasteiger partial charge in [0, 0.05) is 12.2 Å². The average molecular weight is 464 g/mol. The summed E-state index contributed by atoms with van der Waals surface area (Å²) < 4.78 is 47.2. The summed E-state index contributed by atoms with van der Waals surface area (Å²) >= 11 is 0. The van der Waals surface area contributed by atoms with E-state index in [-0.39, 0.29) is 12.2 Å². The summed E-state index contributed by atoms with van der Waals surface area (Å²) in [5, 5.41) is 13.7. The van der Waals surface area contributed by atoms with Crippen molar-refractivity contribution in [1.82, 2.24) is 14.8 Å². The third-order valence-corrected chi connectivity index (χ3v) is 7.01. The Balaban J connectivity index is 2.03. The van der Waals surface area contributed by atoms with E-state index in [2.05, 4.69) is 18.7 Å². The Kier molecular flexibility index (Phi) is 6.76. The number of hydrogen-bond acceptors (Lipinski definition) is 10. The molecule has 1 aromatic rings. The molecule has 7 N–H and O–H groups in total. The van der Waals surface area contributed by atoms with Crippen molar-refractivity contribution in [2.75, 3.05) is 0 Å². The van der Waals surface area contributed by atoms with Gasteiger partial charge in [-0.2, -0.15) is 4.31 Å². The second-order valence-corrected chi connectivity index (χ2v) is 9.96.